The number of carbonyl (C=O) groups is 1. The van der Waals surface area contributed by atoms with Crippen LogP contribution < -0.4 is 17.2 Å². The highest BCUT2D eigenvalue weighted by atomic mass is 19.2. The van der Waals surface area contributed by atoms with Gasteiger partial charge in [-0.1, -0.05) is 13.8 Å². The van der Waals surface area contributed by atoms with Crippen LogP contribution >= 0.6 is 0 Å². The summed E-state index contributed by atoms with van der Waals surface area (Å²) in [6, 6.07) is -1.08. The highest BCUT2D eigenvalue weighted by Gasteiger charge is 2.65. The van der Waals surface area contributed by atoms with Crippen molar-refractivity contribution in [2.45, 2.75) is 43.7 Å². The number of aliphatic hydroxyl groups is 2. The van der Waals surface area contributed by atoms with Gasteiger partial charge in [0.2, 0.25) is 5.72 Å². The van der Waals surface area contributed by atoms with E-state index >= 15 is 4.39 Å². The summed E-state index contributed by atoms with van der Waals surface area (Å²) >= 11 is 0. The van der Waals surface area contributed by atoms with E-state index in [-0.39, 0.29) is 10.5 Å². The van der Waals surface area contributed by atoms with Gasteiger partial charge in [0.1, 0.15) is 18.2 Å². The maximum atomic E-state index is 15.2. The molecule has 0 unspecified atom stereocenters. The number of ether oxygens (including phenoxy) is 2. The Kier molecular flexibility index (Phi) is 5.77. The second kappa shape index (κ2) is 7.44. The number of aliphatic hydroxyl groups excluding tert-OH is 2. The molecule has 0 aliphatic carbocycles. The van der Waals surface area contributed by atoms with Crippen LogP contribution in [0.1, 0.15) is 13.8 Å². The van der Waals surface area contributed by atoms with Crippen molar-refractivity contribution in [2.75, 3.05) is 12.3 Å². The Hall–Kier alpha value is -2.59. The van der Waals surface area contributed by atoms with Gasteiger partial charge in [0.15, 0.2) is 18.2 Å². The zero-order valence-electron chi connectivity index (χ0n) is 15.0. The fraction of sp³-hybridized carbons (Fsp3) is 0.562. The number of nitrogens with zero attached hydrogens (tertiary/aromatic N) is 2. The van der Waals surface area contributed by atoms with E-state index in [0.29, 0.717) is 6.20 Å². The van der Waals surface area contributed by atoms with Gasteiger partial charge in [0.25, 0.3) is 5.85 Å². The number of anilines is 1. The Labute approximate surface area is 158 Å². The van der Waals surface area contributed by atoms with E-state index in [2.05, 4.69) is 4.98 Å². The Bertz CT molecular complexity index is 872. The van der Waals surface area contributed by atoms with E-state index in [1.807, 2.05) is 5.92 Å². The quantitative estimate of drug-likeness (QED) is 0.328. The number of esters is 1. The average Bonchev–Trinajstić information content (AvgIpc) is 2.84. The fourth-order valence-electron chi connectivity index (χ4n) is 2.54. The Morgan fingerprint density at radius 2 is 2.14 bits per heavy atom. The van der Waals surface area contributed by atoms with E-state index in [1.54, 1.807) is 13.8 Å². The lowest BCUT2D eigenvalue weighted by molar-refractivity contribution is -0.234. The molecule has 0 aromatic carbocycles. The third-order valence-electron chi connectivity index (χ3n) is 4.34. The molecule has 0 spiro atoms. The molecule has 1 saturated heterocycles. The van der Waals surface area contributed by atoms with E-state index < -0.39 is 59.7 Å². The number of aromatic nitrogens is 2. The maximum absolute atomic E-state index is 15.2. The normalized spacial score (nSPS) is 30.8. The molecule has 1 aliphatic heterocycles. The van der Waals surface area contributed by atoms with Crippen LogP contribution in [0.4, 0.5) is 14.6 Å². The average molecular weight is 402 g/mol. The number of terminal acetylenes is 1. The molecule has 5 atom stereocenters. The van der Waals surface area contributed by atoms with Gasteiger partial charge in [-0.2, -0.15) is 4.98 Å². The van der Waals surface area contributed by atoms with Gasteiger partial charge in [0.05, 0.1) is 6.20 Å². The number of nitrogens with two attached hydrogens (primary N) is 2. The first-order chi connectivity index (χ1) is 12.9. The summed E-state index contributed by atoms with van der Waals surface area (Å²) in [5.74, 6) is -4.68. The SMILES string of the molecule is C#C[C@@]1(n2cc(F)c(N)nc2=O)O[C@](F)(COC(=O)[C@@H](N)C(C)C)[C@@H](O)[C@H]1O. The van der Waals surface area contributed by atoms with Gasteiger partial charge in [-0.3, -0.25) is 14.1 Å². The van der Waals surface area contributed by atoms with Crippen molar-refractivity contribution in [1.29, 1.82) is 0 Å². The van der Waals surface area contributed by atoms with Crippen LogP contribution in [0.25, 0.3) is 0 Å². The second-order valence-electron chi connectivity index (χ2n) is 6.62. The molecule has 0 saturated carbocycles. The van der Waals surface area contributed by atoms with Crippen LogP contribution in [0.3, 0.4) is 0 Å². The molecule has 28 heavy (non-hydrogen) atoms. The number of halogens is 2. The first-order valence-electron chi connectivity index (χ1n) is 8.10. The van der Waals surface area contributed by atoms with Crippen LogP contribution in [0.5, 0.6) is 0 Å². The van der Waals surface area contributed by atoms with Crippen LogP contribution in [-0.4, -0.2) is 56.4 Å². The lowest BCUT2D eigenvalue weighted by Gasteiger charge is -2.29. The third kappa shape index (κ3) is 3.45. The first kappa shape index (κ1) is 21.7. The molecule has 1 aromatic rings. The molecule has 6 N–H and O–H groups in total. The topological polar surface area (TPSA) is 163 Å². The lowest BCUT2D eigenvalue weighted by Crippen LogP contribution is -2.50. The summed E-state index contributed by atoms with van der Waals surface area (Å²) in [6.07, 6.45) is 1.14. The van der Waals surface area contributed by atoms with Crippen molar-refractivity contribution in [3.05, 3.63) is 22.5 Å². The molecule has 0 radical (unpaired) electrons. The smallest absolute Gasteiger partial charge is 0.352 e. The fourth-order valence-corrected chi connectivity index (χ4v) is 2.54. The molecule has 1 fully saturated rings. The molecule has 0 amide bonds. The summed E-state index contributed by atoms with van der Waals surface area (Å²) in [7, 11) is 0. The van der Waals surface area contributed by atoms with E-state index in [1.165, 1.54) is 0 Å². The minimum Gasteiger partial charge on any atom is -0.458 e. The summed E-state index contributed by atoms with van der Waals surface area (Å²) in [5, 5.41) is 20.4. The summed E-state index contributed by atoms with van der Waals surface area (Å²) in [5.41, 5.74) is 6.80. The van der Waals surface area contributed by atoms with Gasteiger partial charge in [-0.25, -0.2) is 13.6 Å². The van der Waals surface area contributed by atoms with Crippen molar-refractivity contribution in [2.24, 2.45) is 11.7 Å². The lowest BCUT2D eigenvalue weighted by atomic mass is 10.0. The van der Waals surface area contributed by atoms with E-state index in [4.69, 9.17) is 27.4 Å². The third-order valence-corrected chi connectivity index (χ3v) is 4.34. The molecular weight excluding hydrogens is 382 g/mol. The van der Waals surface area contributed by atoms with Gasteiger partial charge in [-0.05, 0) is 11.8 Å². The van der Waals surface area contributed by atoms with Crippen LogP contribution in [0.2, 0.25) is 0 Å². The standard InChI is InChI=1S/C16H20F2N4O6/c1-4-16(22-5-8(17)12(20)21-14(22)26)11(24)10(23)15(18,28-16)6-27-13(25)9(19)7(2)3/h1,5,7,9-11,23-24H,6,19H2,2-3H3,(H2,20,21,26)/t9-,10-,11+,15+,16+/m0/s1. The van der Waals surface area contributed by atoms with Crippen LogP contribution in [-0.2, 0) is 20.0 Å². The number of alkyl halides is 1. The Morgan fingerprint density at radius 1 is 1.54 bits per heavy atom. The highest BCUT2D eigenvalue weighted by molar-refractivity contribution is 5.75. The highest BCUT2D eigenvalue weighted by Crippen LogP contribution is 2.42. The number of hydrogen-bond donors (Lipinski definition) is 4. The van der Waals surface area contributed by atoms with E-state index in [0.717, 1.165) is 0 Å². The minimum atomic E-state index is -3.23. The van der Waals surface area contributed by atoms with Gasteiger partial charge >= 0.3 is 11.7 Å². The van der Waals surface area contributed by atoms with Crippen molar-refractivity contribution >= 4 is 11.8 Å². The van der Waals surface area contributed by atoms with Crippen molar-refractivity contribution in [3.8, 4) is 12.3 Å². The monoisotopic (exact) mass is 402 g/mol. The van der Waals surface area contributed by atoms with Crippen molar-refractivity contribution in [1.82, 2.24) is 9.55 Å². The maximum Gasteiger partial charge on any atom is 0.352 e. The van der Waals surface area contributed by atoms with Crippen LogP contribution in [0.15, 0.2) is 11.0 Å². The number of carbonyl (C=O) groups excluding carboxylic acids is 1. The molecule has 0 bridgehead atoms. The van der Waals surface area contributed by atoms with Gasteiger partial charge in [-0.15, -0.1) is 6.42 Å². The number of nitrogen functional groups attached to an aromatic ring is 1. The van der Waals surface area contributed by atoms with Gasteiger partial charge < -0.3 is 26.4 Å². The van der Waals surface area contributed by atoms with Crippen molar-refractivity contribution < 1.29 is 33.3 Å². The first-order valence-corrected chi connectivity index (χ1v) is 8.10. The summed E-state index contributed by atoms with van der Waals surface area (Å²) in [4.78, 5) is 27.0. The molecule has 1 aromatic heterocycles. The summed E-state index contributed by atoms with van der Waals surface area (Å²) in [6.45, 7) is 2.05. The molecular formula is C16H20F2N4O6. The minimum absolute atomic E-state index is 0.273. The molecule has 2 heterocycles. The van der Waals surface area contributed by atoms with E-state index in [9.17, 15) is 24.2 Å². The summed E-state index contributed by atoms with van der Waals surface area (Å²) < 4.78 is 38.9. The second-order valence-corrected chi connectivity index (χ2v) is 6.62. The Morgan fingerprint density at radius 3 is 2.68 bits per heavy atom. The zero-order chi connectivity index (χ0) is 21.4. The van der Waals surface area contributed by atoms with Gasteiger partial charge in [0, 0.05) is 0 Å². The zero-order valence-corrected chi connectivity index (χ0v) is 15.0. The predicted octanol–water partition coefficient (Wildman–Crippen LogP) is -1.81. The molecule has 12 heteroatoms. The largest absolute Gasteiger partial charge is 0.458 e. The Balaban J connectivity index is 2.38. The van der Waals surface area contributed by atoms with Crippen LogP contribution in [0, 0.1) is 24.1 Å². The predicted molar refractivity (Wildman–Crippen MR) is 90.4 cm³/mol. The molecule has 10 nitrogen and oxygen atoms in total. The molecule has 154 valence electrons. The molecule has 2 rings (SSSR count). The number of rotatable bonds is 5. The molecule has 1 aliphatic rings. The number of hydrogen-bond acceptors (Lipinski definition) is 9. The van der Waals surface area contributed by atoms with Crippen molar-refractivity contribution in [3.63, 3.8) is 0 Å².